The van der Waals surface area contributed by atoms with E-state index in [0.29, 0.717) is 27.4 Å². The minimum atomic E-state index is -0.596. The molecule has 0 bridgehead atoms. The topological polar surface area (TPSA) is 96.0 Å². The number of hydrogen-bond donors (Lipinski definition) is 1. The van der Waals surface area contributed by atoms with Gasteiger partial charge in [0.15, 0.2) is 5.78 Å². The first kappa shape index (κ1) is 16.8. The highest BCUT2D eigenvalue weighted by atomic mass is 32.2. The fourth-order valence-corrected chi connectivity index (χ4v) is 3.33. The van der Waals surface area contributed by atoms with Gasteiger partial charge in [-0.05, 0) is 25.7 Å². The number of nitrogens with one attached hydrogen (secondary N) is 1. The van der Waals surface area contributed by atoms with Crippen LogP contribution in [0.1, 0.15) is 25.3 Å². The molecule has 0 fully saturated rings. The van der Waals surface area contributed by atoms with Crippen molar-refractivity contribution in [3.05, 3.63) is 61.8 Å². The van der Waals surface area contributed by atoms with Gasteiger partial charge >= 0.3 is 0 Å². The summed E-state index contributed by atoms with van der Waals surface area (Å²) in [6.45, 7) is 3.20. The minimum Gasteiger partial charge on any atom is -0.353 e. The summed E-state index contributed by atoms with van der Waals surface area (Å²) in [7, 11) is 0. The van der Waals surface area contributed by atoms with Gasteiger partial charge in [0.2, 0.25) is 0 Å². The molecule has 0 aromatic heterocycles. The average molecular weight is 329 g/mol. The molecule has 0 unspecified atom stereocenters. The highest BCUT2D eigenvalue weighted by Crippen LogP contribution is 2.40. The number of nitro groups is 1. The summed E-state index contributed by atoms with van der Waals surface area (Å²) < 4.78 is 0. The van der Waals surface area contributed by atoms with Gasteiger partial charge in [-0.25, -0.2) is 0 Å². The van der Waals surface area contributed by atoms with Crippen LogP contribution in [-0.4, -0.2) is 17.0 Å². The highest BCUT2D eigenvalue weighted by molar-refractivity contribution is 8.02. The van der Waals surface area contributed by atoms with Crippen LogP contribution in [0.2, 0.25) is 0 Å². The van der Waals surface area contributed by atoms with Gasteiger partial charge in [-0.1, -0.05) is 12.1 Å². The third-order valence-electron chi connectivity index (χ3n) is 3.65. The molecule has 1 aliphatic heterocycles. The number of hydrogen-bond acceptors (Lipinski definition) is 6. The van der Waals surface area contributed by atoms with Crippen LogP contribution in [0.25, 0.3) is 0 Å². The van der Waals surface area contributed by atoms with Crippen LogP contribution in [0, 0.1) is 21.4 Å². The van der Waals surface area contributed by atoms with Gasteiger partial charge in [-0.3, -0.25) is 14.9 Å². The molecule has 1 N–H and O–H groups in total. The molecule has 0 radical (unpaired) electrons. The number of allylic oxidation sites excluding steroid dienone is 3. The number of Topliss-reactive ketones (excluding diaryl/α,β-unsaturated/α-hetero) is 1. The van der Waals surface area contributed by atoms with Gasteiger partial charge < -0.3 is 5.32 Å². The van der Waals surface area contributed by atoms with E-state index in [-0.39, 0.29) is 11.5 Å². The molecule has 1 aromatic rings. The van der Waals surface area contributed by atoms with Gasteiger partial charge in [-0.15, -0.1) is 11.8 Å². The van der Waals surface area contributed by atoms with Crippen LogP contribution in [0.5, 0.6) is 0 Å². The van der Waals surface area contributed by atoms with Crippen molar-refractivity contribution in [3.63, 3.8) is 0 Å². The Morgan fingerprint density at radius 3 is 2.70 bits per heavy atom. The van der Waals surface area contributed by atoms with Crippen LogP contribution in [0.15, 0.2) is 46.1 Å². The zero-order valence-electron chi connectivity index (χ0n) is 12.9. The fourth-order valence-electron chi connectivity index (χ4n) is 2.69. The predicted molar refractivity (Wildman–Crippen MR) is 88.5 cm³/mol. The number of rotatable bonds is 4. The number of dihydropyridines is 1. The van der Waals surface area contributed by atoms with Crippen LogP contribution in [-0.2, 0) is 4.79 Å². The number of carbonyl (C=O) groups is 1. The first-order chi connectivity index (χ1) is 10.9. The Kier molecular flexibility index (Phi) is 4.86. The summed E-state index contributed by atoms with van der Waals surface area (Å²) >= 11 is 1.37. The number of nitro benzene ring substituents is 1. The summed E-state index contributed by atoms with van der Waals surface area (Å²) in [4.78, 5) is 22.6. The molecule has 1 heterocycles. The van der Waals surface area contributed by atoms with Crippen LogP contribution in [0.3, 0.4) is 0 Å². The quantitative estimate of drug-likeness (QED) is 0.673. The summed E-state index contributed by atoms with van der Waals surface area (Å²) in [5, 5.41) is 24.3. The smallest absolute Gasteiger partial charge is 0.269 e. The van der Waals surface area contributed by atoms with Gasteiger partial charge in [-0.2, -0.15) is 5.26 Å². The van der Waals surface area contributed by atoms with E-state index < -0.39 is 10.8 Å². The maximum atomic E-state index is 12.1. The molecule has 2 rings (SSSR count). The standard InChI is InChI=1S/C16H15N3O3S/c1-9-14(10(2)20)15(13(8-17)16(18-9)23-3)11-5-4-6-12(7-11)19(21)22/h4-7,15,18H,1-3H3/t15-/m1/s1. The number of thioether (sulfide) groups is 1. The second-order valence-corrected chi connectivity index (χ2v) is 5.88. The lowest BCUT2D eigenvalue weighted by Gasteiger charge is -2.28. The van der Waals surface area contributed by atoms with E-state index >= 15 is 0 Å². The van der Waals surface area contributed by atoms with E-state index in [0.717, 1.165) is 0 Å². The summed E-state index contributed by atoms with van der Waals surface area (Å²) in [6, 6.07) is 8.22. The summed E-state index contributed by atoms with van der Waals surface area (Å²) in [5.41, 5.74) is 2.02. The minimum absolute atomic E-state index is 0.0652. The predicted octanol–water partition coefficient (Wildman–Crippen LogP) is 3.24. The molecule has 23 heavy (non-hydrogen) atoms. The van der Waals surface area contributed by atoms with Crippen molar-refractivity contribution >= 4 is 23.2 Å². The molecule has 0 spiro atoms. The third kappa shape index (κ3) is 3.12. The Labute approximate surface area is 138 Å². The zero-order chi connectivity index (χ0) is 17.1. The van der Waals surface area contributed by atoms with E-state index in [4.69, 9.17) is 0 Å². The number of carbonyl (C=O) groups excluding carboxylic acids is 1. The number of nitrogens with zero attached hydrogens (tertiary/aromatic N) is 2. The highest BCUT2D eigenvalue weighted by Gasteiger charge is 2.33. The Morgan fingerprint density at radius 1 is 1.48 bits per heavy atom. The monoisotopic (exact) mass is 329 g/mol. The molecule has 0 saturated carbocycles. The van der Waals surface area contributed by atoms with Crippen molar-refractivity contribution in [1.29, 1.82) is 5.26 Å². The second kappa shape index (κ2) is 6.67. The van der Waals surface area contributed by atoms with Crippen LogP contribution in [0.4, 0.5) is 5.69 Å². The van der Waals surface area contributed by atoms with Crippen LogP contribution >= 0.6 is 11.8 Å². The van der Waals surface area contributed by atoms with Gasteiger partial charge in [0, 0.05) is 23.4 Å². The van der Waals surface area contributed by atoms with E-state index in [2.05, 4.69) is 11.4 Å². The lowest BCUT2D eigenvalue weighted by Crippen LogP contribution is -2.26. The lowest BCUT2D eigenvalue weighted by molar-refractivity contribution is -0.384. The van der Waals surface area contributed by atoms with Crippen LogP contribution < -0.4 is 5.32 Å². The van der Waals surface area contributed by atoms with Crippen molar-refractivity contribution in [3.8, 4) is 6.07 Å². The molecule has 6 nitrogen and oxygen atoms in total. The Hall–Kier alpha value is -2.59. The van der Waals surface area contributed by atoms with Gasteiger partial charge in [0.05, 0.1) is 27.5 Å². The van der Waals surface area contributed by atoms with Gasteiger partial charge in [0.1, 0.15) is 0 Å². The third-order valence-corrected chi connectivity index (χ3v) is 4.38. The maximum absolute atomic E-state index is 12.1. The van der Waals surface area contributed by atoms with Crippen molar-refractivity contribution in [1.82, 2.24) is 5.32 Å². The molecular formula is C16H15N3O3S. The SMILES string of the molecule is CSC1=C(C#N)[C@@H](c2cccc([N+](=O)[O-])c2)C(C(C)=O)=C(C)N1. The molecule has 0 saturated heterocycles. The first-order valence-corrected chi connectivity index (χ1v) is 8.04. The molecule has 0 amide bonds. The summed E-state index contributed by atoms with van der Waals surface area (Å²) in [6.07, 6.45) is 1.83. The maximum Gasteiger partial charge on any atom is 0.269 e. The van der Waals surface area contributed by atoms with Crippen molar-refractivity contribution < 1.29 is 9.72 Å². The Bertz CT molecular complexity index is 790. The largest absolute Gasteiger partial charge is 0.353 e. The number of ketones is 1. The molecule has 0 aliphatic carbocycles. The van der Waals surface area contributed by atoms with Gasteiger partial charge in [0.25, 0.3) is 5.69 Å². The average Bonchev–Trinajstić information content (AvgIpc) is 2.53. The second-order valence-electron chi connectivity index (χ2n) is 5.06. The number of non-ortho nitro benzene ring substituents is 1. The van der Waals surface area contributed by atoms with Crippen molar-refractivity contribution in [2.75, 3.05) is 6.26 Å². The van der Waals surface area contributed by atoms with E-state index in [9.17, 15) is 20.2 Å². The number of nitriles is 1. The normalized spacial score (nSPS) is 17.6. The molecular weight excluding hydrogens is 314 g/mol. The number of benzene rings is 1. The molecule has 1 atom stereocenters. The fraction of sp³-hybridized carbons (Fsp3) is 0.250. The van der Waals surface area contributed by atoms with E-state index in [1.165, 1.54) is 30.8 Å². The molecule has 118 valence electrons. The van der Waals surface area contributed by atoms with E-state index in [1.807, 2.05) is 6.26 Å². The molecule has 1 aromatic carbocycles. The summed E-state index contributed by atoms with van der Waals surface area (Å²) in [5.74, 6) is -0.763. The Balaban J connectivity index is 2.70. The lowest BCUT2D eigenvalue weighted by atomic mass is 9.81. The first-order valence-electron chi connectivity index (χ1n) is 6.82. The molecule has 7 heteroatoms. The Morgan fingerprint density at radius 2 is 2.17 bits per heavy atom. The molecule has 1 aliphatic rings. The van der Waals surface area contributed by atoms with E-state index in [1.54, 1.807) is 19.1 Å². The van der Waals surface area contributed by atoms with Crippen molar-refractivity contribution in [2.24, 2.45) is 0 Å². The zero-order valence-corrected chi connectivity index (χ0v) is 13.7. The van der Waals surface area contributed by atoms with Crippen molar-refractivity contribution in [2.45, 2.75) is 19.8 Å².